The first-order valence-electron chi connectivity index (χ1n) is 0.697. The molecule has 1 radical (unpaired) electrons. The molecule has 0 aromatic rings. The van der Waals surface area contributed by atoms with Crippen LogP contribution in [0.4, 0.5) is 4.79 Å². The fourth-order valence-electron chi connectivity index (χ4n) is 0. The van der Waals surface area contributed by atoms with Crippen LogP contribution in [-0.2, 0) is 0 Å². The van der Waals surface area contributed by atoms with Gasteiger partial charge in [0.15, 0.2) is 0 Å². The molecule has 0 saturated carbocycles. The van der Waals surface area contributed by atoms with Crippen molar-refractivity contribution in [3.8, 4) is 0 Å². The average Bonchev–Trinajstić information content (AvgIpc) is 0.811. The molecule has 0 unspecified atom stereocenters. The second kappa shape index (κ2) is 1.06. The first-order chi connectivity index (χ1) is 1.73. The van der Waals surface area contributed by atoms with Gasteiger partial charge in [-0.2, -0.15) is 0 Å². The number of amides is 1. The molecule has 0 atom stereocenters. The molecule has 23 valence electrons. The van der Waals surface area contributed by atoms with Crippen LogP contribution in [0, 0.1) is 0 Å². The van der Waals surface area contributed by atoms with Gasteiger partial charge in [0.2, 0.25) is 0 Å². The molecule has 0 aliphatic carbocycles. The second-order valence-corrected chi connectivity index (χ2v) is 0.721. The van der Waals surface area contributed by atoms with Gasteiger partial charge in [0.25, 0.3) is 0 Å². The highest BCUT2D eigenvalue weighted by Crippen LogP contribution is 1.60. The minimum Gasteiger partial charge on any atom is -0.357 e. The molecule has 0 fully saturated rings. The minimum absolute atomic E-state index is 0.750. The number of carbonyl (C=O) groups is 1. The second-order valence-electron chi connectivity index (χ2n) is 0.319. The molecule has 0 aromatic carbocycles. The van der Waals surface area contributed by atoms with E-state index in [0.29, 0.717) is 0 Å². The lowest BCUT2D eigenvalue weighted by molar-refractivity contribution is 0.267. The van der Waals surface area contributed by atoms with Crippen LogP contribution in [0.15, 0.2) is 0 Å². The SMILES string of the molecule is NC(=O)[S]. The Morgan fingerprint density at radius 1 is 2.00 bits per heavy atom. The Kier molecular flexibility index (Phi) is 0.979. The predicted octanol–water partition coefficient (Wildman–Crippen LogP) is 0.263. The summed E-state index contributed by atoms with van der Waals surface area (Å²) in [5.41, 5.74) is 4.29. The summed E-state index contributed by atoms with van der Waals surface area (Å²) in [7, 11) is 0. The Morgan fingerprint density at radius 2 is 2.00 bits per heavy atom. The maximum Gasteiger partial charge on any atom is 0.307 e. The summed E-state index contributed by atoms with van der Waals surface area (Å²) in [6, 6.07) is 0. The molecule has 1 amide bonds. The summed E-state index contributed by atoms with van der Waals surface area (Å²) in [5, 5.41) is -0.750. The van der Waals surface area contributed by atoms with Crippen molar-refractivity contribution < 1.29 is 4.79 Å². The van der Waals surface area contributed by atoms with E-state index in [9.17, 15) is 0 Å². The van der Waals surface area contributed by atoms with Gasteiger partial charge in [-0.05, 0) is 12.6 Å². The Balaban J connectivity index is 2.80. The van der Waals surface area contributed by atoms with Gasteiger partial charge >= 0.3 is 5.24 Å². The Labute approximate surface area is 29.4 Å². The third kappa shape index (κ3) is 8.37. The van der Waals surface area contributed by atoms with Crippen LogP contribution >= 0.6 is 12.6 Å². The molecule has 2 nitrogen and oxygen atoms in total. The quantitative estimate of drug-likeness (QED) is 0.442. The van der Waals surface area contributed by atoms with E-state index in [0.717, 1.165) is 0 Å². The van der Waals surface area contributed by atoms with Crippen molar-refractivity contribution in [2.75, 3.05) is 0 Å². The van der Waals surface area contributed by atoms with Crippen LogP contribution in [0.3, 0.4) is 0 Å². The van der Waals surface area contributed by atoms with Crippen molar-refractivity contribution in [1.29, 1.82) is 0 Å². The predicted molar refractivity (Wildman–Crippen MR) is 17.2 cm³/mol. The van der Waals surface area contributed by atoms with E-state index < -0.39 is 5.24 Å². The molecule has 0 saturated heterocycles. The summed E-state index contributed by atoms with van der Waals surface area (Å²) in [4.78, 5) is 9.04. The van der Waals surface area contributed by atoms with E-state index in [1.165, 1.54) is 0 Å². The molecule has 0 heterocycles. The maximum absolute atomic E-state index is 9.04. The number of primary amides is 1. The van der Waals surface area contributed by atoms with Crippen molar-refractivity contribution in [1.82, 2.24) is 0 Å². The summed E-state index contributed by atoms with van der Waals surface area (Å²) in [6.07, 6.45) is 0. The van der Waals surface area contributed by atoms with Crippen LogP contribution in [0.2, 0.25) is 0 Å². The van der Waals surface area contributed by atoms with E-state index in [-0.39, 0.29) is 0 Å². The van der Waals surface area contributed by atoms with Gasteiger partial charge in [-0.1, -0.05) is 0 Å². The van der Waals surface area contributed by atoms with Crippen LogP contribution in [0.25, 0.3) is 0 Å². The highest BCUT2D eigenvalue weighted by molar-refractivity contribution is 7.96. The number of rotatable bonds is 0. The topological polar surface area (TPSA) is 43.1 Å². The van der Waals surface area contributed by atoms with Crippen LogP contribution in [0.5, 0.6) is 0 Å². The zero-order valence-electron chi connectivity index (χ0n) is 1.89. The number of nitrogens with two attached hydrogens (primary N) is 1. The van der Waals surface area contributed by atoms with Gasteiger partial charge in [0, 0.05) is 0 Å². The molecule has 0 aromatic heterocycles. The molecule has 0 bridgehead atoms. The fourth-order valence-corrected chi connectivity index (χ4v) is 0. The average molecular weight is 76.1 g/mol. The third-order valence-corrected chi connectivity index (χ3v) is 0. The summed E-state index contributed by atoms with van der Waals surface area (Å²) in [6.45, 7) is 0. The van der Waals surface area contributed by atoms with Crippen LogP contribution < -0.4 is 5.73 Å². The van der Waals surface area contributed by atoms with Crippen LogP contribution in [0.1, 0.15) is 0 Å². The van der Waals surface area contributed by atoms with Gasteiger partial charge in [-0.25, -0.2) is 0 Å². The monoisotopic (exact) mass is 76.0 g/mol. The fraction of sp³-hybridized carbons (Fsp3) is 0. The van der Waals surface area contributed by atoms with Crippen molar-refractivity contribution in [3.05, 3.63) is 0 Å². The minimum atomic E-state index is -0.750. The Bertz CT molecular complexity index is 31.0. The van der Waals surface area contributed by atoms with Crippen molar-refractivity contribution in [2.24, 2.45) is 5.73 Å². The van der Waals surface area contributed by atoms with Crippen molar-refractivity contribution in [2.45, 2.75) is 0 Å². The first-order valence-corrected chi connectivity index (χ1v) is 1.11. The standard InChI is InChI=1S/CH2NOS/c2-1(3)4/h(H2,2,3). The normalized spacial score (nSPS) is 6.00. The molecule has 0 rings (SSSR count). The van der Waals surface area contributed by atoms with Crippen LogP contribution in [-0.4, -0.2) is 5.24 Å². The van der Waals surface area contributed by atoms with Gasteiger partial charge in [-0.3, -0.25) is 4.79 Å². The van der Waals surface area contributed by atoms with Gasteiger partial charge in [0.05, 0.1) is 0 Å². The Morgan fingerprint density at radius 3 is 2.00 bits per heavy atom. The van der Waals surface area contributed by atoms with E-state index in [1.807, 2.05) is 0 Å². The molecular weight excluding hydrogens is 74.1 g/mol. The van der Waals surface area contributed by atoms with Gasteiger partial charge in [-0.15, -0.1) is 0 Å². The van der Waals surface area contributed by atoms with Gasteiger partial charge < -0.3 is 5.73 Å². The maximum atomic E-state index is 9.04. The number of carbonyl (C=O) groups excluding carboxylic acids is 1. The van der Waals surface area contributed by atoms with Crippen molar-refractivity contribution >= 4 is 17.9 Å². The number of hydrogen-bond donors (Lipinski definition) is 1. The lowest BCUT2D eigenvalue weighted by Crippen LogP contribution is -1.95. The molecule has 4 heavy (non-hydrogen) atoms. The zero-order valence-corrected chi connectivity index (χ0v) is 2.71. The largest absolute Gasteiger partial charge is 0.357 e. The smallest absolute Gasteiger partial charge is 0.307 e. The molecule has 0 aliphatic heterocycles. The molecular formula is CH2NOS. The highest BCUT2D eigenvalue weighted by atomic mass is 32.1. The molecule has 0 spiro atoms. The lowest BCUT2D eigenvalue weighted by Gasteiger charge is -1.56. The summed E-state index contributed by atoms with van der Waals surface area (Å²) >= 11 is 3.76. The van der Waals surface area contributed by atoms with Gasteiger partial charge in [0.1, 0.15) is 0 Å². The third-order valence-electron chi connectivity index (χ3n) is 0. The van der Waals surface area contributed by atoms with E-state index in [4.69, 9.17) is 4.79 Å². The Hall–Kier alpha value is -0.310. The molecule has 3 heteroatoms. The summed E-state index contributed by atoms with van der Waals surface area (Å²) in [5.74, 6) is 0. The van der Waals surface area contributed by atoms with E-state index in [2.05, 4.69) is 18.4 Å². The van der Waals surface area contributed by atoms with E-state index in [1.54, 1.807) is 0 Å². The first kappa shape index (κ1) is 3.69. The molecule has 0 aliphatic rings. The van der Waals surface area contributed by atoms with E-state index >= 15 is 0 Å². The zero-order chi connectivity index (χ0) is 3.58. The molecule has 2 N–H and O–H groups in total. The highest BCUT2D eigenvalue weighted by Gasteiger charge is 1.66. The summed E-state index contributed by atoms with van der Waals surface area (Å²) < 4.78 is 0. The lowest BCUT2D eigenvalue weighted by atomic mass is 11.5. The number of hydrogen-bond acceptors (Lipinski definition) is 1. The van der Waals surface area contributed by atoms with Crippen molar-refractivity contribution in [3.63, 3.8) is 0 Å².